The molecule has 1 N–H and O–H groups in total. The summed E-state index contributed by atoms with van der Waals surface area (Å²) in [4.78, 5) is 0. The van der Waals surface area contributed by atoms with Crippen LogP contribution in [0.1, 0.15) is 5.56 Å². The van der Waals surface area contributed by atoms with E-state index in [4.69, 9.17) is 21.7 Å². The van der Waals surface area contributed by atoms with Crippen molar-refractivity contribution in [2.24, 2.45) is 0 Å². The van der Waals surface area contributed by atoms with Gasteiger partial charge in [-0.15, -0.1) is 0 Å². The lowest BCUT2D eigenvalue weighted by atomic mass is 10.2. The average Bonchev–Trinajstić information content (AvgIpc) is 2.95. The number of halogens is 1. The summed E-state index contributed by atoms with van der Waals surface area (Å²) in [5, 5.41) is 3.06. The Morgan fingerprint density at radius 2 is 1.90 bits per heavy atom. The lowest BCUT2D eigenvalue weighted by molar-refractivity contribution is 0.174. The van der Waals surface area contributed by atoms with Gasteiger partial charge < -0.3 is 14.8 Å². The molecule has 2 aromatic carbocycles. The van der Waals surface area contributed by atoms with Crippen LogP contribution in [0.5, 0.6) is 11.5 Å². The number of hydrogen-bond acceptors (Lipinski definition) is 4. The normalized spacial score (nSPS) is 12.2. The molecule has 0 unspecified atom stereocenters. The number of hydrogen-bond donors (Lipinski definition) is 1. The maximum absolute atomic E-state index is 12.8. The molecule has 0 saturated heterocycles. The van der Waals surface area contributed by atoms with Crippen molar-refractivity contribution in [3.63, 3.8) is 0 Å². The van der Waals surface area contributed by atoms with Gasteiger partial charge in [-0.2, -0.15) is 0 Å². The van der Waals surface area contributed by atoms with Gasteiger partial charge in [0.25, 0.3) is 0 Å². The summed E-state index contributed by atoms with van der Waals surface area (Å²) in [6, 6.07) is 11.9. The average molecular weight is 321 g/mol. The van der Waals surface area contributed by atoms with Gasteiger partial charge in [-0.1, -0.05) is 30.0 Å². The zero-order valence-electron chi connectivity index (χ0n) is 11.0. The second kappa shape index (κ2) is 6.32. The molecule has 0 fully saturated rings. The summed E-state index contributed by atoms with van der Waals surface area (Å²) in [6.07, 6.45) is 0. The van der Waals surface area contributed by atoms with Crippen molar-refractivity contribution in [2.75, 3.05) is 12.1 Å². The fourth-order valence-electron chi connectivity index (χ4n) is 1.87. The van der Waals surface area contributed by atoms with Gasteiger partial charge in [-0.25, -0.2) is 4.39 Å². The van der Waals surface area contributed by atoms with Crippen LogP contribution in [0.2, 0.25) is 0 Å². The highest BCUT2D eigenvalue weighted by atomic mass is 32.2. The molecule has 6 heteroatoms. The molecule has 1 aliphatic rings. The molecule has 0 bridgehead atoms. The topological polar surface area (TPSA) is 30.5 Å². The molecule has 0 amide bonds. The Labute approximate surface area is 131 Å². The molecule has 108 valence electrons. The van der Waals surface area contributed by atoms with E-state index in [9.17, 15) is 4.39 Å². The predicted octanol–water partition coefficient (Wildman–Crippen LogP) is 4.18. The maximum atomic E-state index is 12.8. The molecule has 1 heterocycles. The first-order valence-corrected chi connectivity index (χ1v) is 7.68. The second-order valence-corrected chi connectivity index (χ2v) is 6.05. The second-order valence-electron chi connectivity index (χ2n) is 4.40. The van der Waals surface area contributed by atoms with Crippen LogP contribution in [0.25, 0.3) is 0 Å². The quantitative estimate of drug-likeness (QED) is 0.857. The maximum Gasteiger partial charge on any atom is 0.231 e. The Bertz CT molecular complexity index is 661. The molecule has 1 aliphatic heterocycles. The zero-order chi connectivity index (χ0) is 14.7. The monoisotopic (exact) mass is 321 g/mol. The number of ether oxygens (including phenoxy) is 2. The smallest absolute Gasteiger partial charge is 0.231 e. The summed E-state index contributed by atoms with van der Waals surface area (Å²) in [7, 11) is 0. The zero-order valence-corrected chi connectivity index (χ0v) is 12.6. The lowest BCUT2D eigenvalue weighted by Gasteiger charge is -2.08. The summed E-state index contributed by atoms with van der Waals surface area (Å²) >= 11 is 6.77. The van der Waals surface area contributed by atoms with Crippen LogP contribution in [0.3, 0.4) is 0 Å². The first-order valence-electron chi connectivity index (χ1n) is 6.28. The molecule has 0 spiro atoms. The number of rotatable bonds is 3. The van der Waals surface area contributed by atoms with Gasteiger partial charge in [0.1, 0.15) is 10.1 Å². The first kappa shape index (κ1) is 14.2. The molecular formula is C15H12FNO2S2. The highest BCUT2D eigenvalue weighted by molar-refractivity contribution is 8.22. The summed E-state index contributed by atoms with van der Waals surface area (Å²) in [5.74, 6) is 2.00. The third-order valence-electron chi connectivity index (χ3n) is 2.90. The van der Waals surface area contributed by atoms with E-state index in [-0.39, 0.29) is 12.6 Å². The Morgan fingerprint density at radius 1 is 1.14 bits per heavy atom. The minimum absolute atomic E-state index is 0.264. The summed E-state index contributed by atoms with van der Waals surface area (Å²) in [6.45, 7) is 0.274. The molecule has 0 atom stereocenters. The minimum Gasteiger partial charge on any atom is -0.454 e. The van der Waals surface area contributed by atoms with E-state index in [1.165, 1.54) is 23.9 Å². The lowest BCUT2D eigenvalue weighted by Crippen LogP contribution is -2.04. The number of nitrogens with one attached hydrogen (secondary N) is 1. The molecule has 0 aromatic heterocycles. The summed E-state index contributed by atoms with van der Waals surface area (Å²) in [5.41, 5.74) is 1.88. The van der Waals surface area contributed by atoms with Crippen LogP contribution in [-0.4, -0.2) is 11.1 Å². The van der Waals surface area contributed by atoms with Gasteiger partial charge in [0.15, 0.2) is 11.5 Å². The van der Waals surface area contributed by atoms with Crippen LogP contribution in [0.15, 0.2) is 42.5 Å². The fraction of sp³-hybridized carbons (Fsp3) is 0.133. The van der Waals surface area contributed by atoms with Gasteiger partial charge in [0.05, 0.1) is 0 Å². The van der Waals surface area contributed by atoms with E-state index in [1.54, 1.807) is 12.1 Å². The number of thiocarbonyl (C=S) groups is 1. The number of fused-ring (bicyclic) bond motifs is 1. The van der Waals surface area contributed by atoms with E-state index in [1.807, 2.05) is 18.2 Å². The van der Waals surface area contributed by atoms with E-state index in [0.717, 1.165) is 28.5 Å². The van der Waals surface area contributed by atoms with Gasteiger partial charge in [-0.05, 0) is 42.0 Å². The van der Waals surface area contributed by atoms with Crippen LogP contribution in [0.4, 0.5) is 10.1 Å². The van der Waals surface area contributed by atoms with Crippen molar-refractivity contribution in [2.45, 2.75) is 5.75 Å². The molecular weight excluding hydrogens is 309 g/mol. The Balaban J connectivity index is 1.55. The van der Waals surface area contributed by atoms with Crippen LogP contribution >= 0.6 is 24.0 Å². The van der Waals surface area contributed by atoms with E-state index >= 15 is 0 Å². The Hall–Kier alpha value is -1.79. The number of anilines is 1. The van der Waals surface area contributed by atoms with Crippen LogP contribution in [0, 0.1) is 5.82 Å². The van der Waals surface area contributed by atoms with Gasteiger partial charge >= 0.3 is 0 Å². The van der Waals surface area contributed by atoms with Crippen molar-refractivity contribution in [1.82, 2.24) is 0 Å². The van der Waals surface area contributed by atoms with E-state index < -0.39 is 0 Å². The SMILES string of the molecule is Fc1ccc(NC(=S)SCc2ccc3c(c2)OCO3)cc1. The Morgan fingerprint density at radius 3 is 2.71 bits per heavy atom. The van der Waals surface area contributed by atoms with E-state index in [2.05, 4.69) is 5.32 Å². The third-order valence-corrected chi connectivity index (χ3v) is 4.20. The Kier molecular flexibility index (Phi) is 4.26. The predicted molar refractivity (Wildman–Crippen MR) is 86.5 cm³/mol. The molecule has 0 aliphatic carbocycles. The molecule has 0 radical (unpaired) electrons. The third kappa shape index (κ3) is 3.65. The van der Waals surface area contributed by atoms with Crippen molar-refractivity contribution >= 4 is 34.0 Å². The molecule has 0 saturated carbocycles. The number of benzene rings is 2. The van der Waals surface area contributed by atoms with Crippen molar-refractivity contribution in [1.29, 1.82) is 0 Å². The highest BCUT2D eigenvalue weighted by Gasteiger charge is 2.13. The minimum atomic E-state index is -0.264. The van der Waals surface area contributed by atoms with Gasteiger partial charge in [-0.3, -0.25) is 0 Å². The molecule has 3 nitrogen and oxygen atoms in total. The fourth-order valence-corrected chi connectivity index (χ4v) is 2.83. The van der Waals surface area contributed by atoms with Crippen LogP contribution < -0.4 is 14.8 Å². The molecule has 2 aromatic rings. The standard InChI is InChI=1S/C15H12FNO2S2/c16-11-2-4-12(5-3-11)17-15(20)21-8-10-1-6-13-14(7-10)19-9-18-13/h1-7H,8-9H2,(H,17,20). The molecule has 21 heavy (non-hydrogen) atoms. The first-order chi connectivity index (χ1) is 10.2. The van der Waals surface area contributed by atoms with Crippen molar-refractivity contribution < 1.29 is 13.9 Å². The largest absolute Gasteiger partial charge is 0.454 e. The molecule has 3 rings (SSSR count). The van der Waals surface area contributed by atoms with Crippen LogP contribution in [-0.2, 0) is 5.75 Å². The van der Waals surface area contributed by atoms with Crippen molar-refractivity contribution in [3.05, 3.63) is 53.8 Å². The van der Waals surface area contributed by atoms with Crippen molar-refractivity contribution in [3.8, 4) is 11.5 Å². The summed E-state index contributed by atoms with van der Waals surface area (Å²) < 4.78 is 24.1. The highest BCUT2D eigenvalue weighted by Crippen LogP contribution is 2.33. The van der Waals surface area contributed by atoms with E-state index in [0.29, 0.717) is 4.32 Å². The number of thioether (sulfide) groups is 1. The van der Waals surface area contributed by atoms with Gasteiger partial charge in [0.2, 0.25) is 6.79 Å². The van der Waals surface area contributed by atoms with Gasteiger partial charge in [0, 0.05) is 11.4 Å².